The van der Waals surface area contributed by atoms with E-state index in [0.29, 0.717) is 10.6 Å². The maximum atomic E-state index is 14.5. The maximum absolute atomic E-state index is 14.5. The van der Waals surface area contributed by atoms with Crippen LogP contribution in [0.3, 0.4) is 0 Å². The summed E-state index contributed by atoms with van der Waals surface area (Å²) in [6, 6.07) is 11.0. The number of halogens is 2. The third kappa shape index (κ3) is 7.74. The summed E-state index contributed by atoms with van der Waals surface area (Å²) in [5, 5.41) is 6.00. The maximum Gasteiger partial charge on any atom is 0.354 e. The summed E-state index contributed by atoms with van der Waals surface area (Å²) in [6.07, 6.45) is 1.20. The zero-order chi connectivity index (χ0) is 26.9. The van der Waals surface area contributed by atoms with E-state index in [1.165, 1.54) is 22.9 Å². The fourth-order valence-electron chi connectivity index (χ4n) is 3.34. The normalized spacial score (nSPS) is 11.2. The van der Waals surface area contributed by atoms with Crippen molar-refractivity contribution < 1.29 is 13.9 Å². The van der Waals surface area contributed by atoms with Gasteiger partial charge in [-0.15, -0.1) is 0 Å². The lowest BCUT2D eigenvalue weighted by atomic mass is 10.2. The molecule has 3 rings (SSSR count). The molecule has 12 heteroatoms. The number of hydrogen-bond donors (Lipinski definition) is 2. The van der Waals surface area contributed by atoms with Gasteiger partial charge < -0.3 is 15.4 Å². The summed E-state index contributed by atoms with van der Waals surface area (Å²) >= 11 is 5.98. The van der Waals surface area contributed by atoms with E-state index >= 15 is 0 Å². The smallest absolute Gasteiger partial charge is 0.354 e. The molecule has 2 aromatic carbocycles. The number of rotatable bonds is 11. The van der Waals surface area contributed by atoms with E-state index in [-0.39, 0.29) is 55.5 Å². The molecule has 0 unspecified atom stereocenters. The van der Waals surface area contributed by atoms with Crippen LogP contribution in [0.2, 0.25) is 5.02 Å². The molecule has 2 N–H and O–H groups in total. The minimum Gasteiger partial charge on any atom is -0.488 e. The number of aliphatic imine (C=N–C) groups is 1. The topological polar surface area (TPSA) is 120 Å². The highest BCUT2D eigenvalue weighted by Gasteiger charge is 2.16. The number of carbonyl (C=O) groups excluding carboxylic acids is 1. The number of nitrogens with zero attached hydrogens (tertiary/aromatic N) is 4. The van der Waals surface area contributed by atoms with Crippen LogP contribution in [0.1, 0.15) is 25.8 Å². The van der Waals surface area contributed by atoms with E-state index in [1.807, 2.05) is 0 Å². The summed E-state index contributed by atoms with van der Waals surface area (Å²) in [5.41, 5.74) is -0.548. The summed E-state index contributed by atoms with van der Waals surface area (Å²) < 4.78 is 22.1. The zero-order valence-corrected chi connectivity index (χ0v) is 21.5. The Hall–Kier alpha value is -3.99. The van der Waals surface area contributed by atoms with E-state index < -0.39 is 17.2 Å². The van der Waals surface area contributed by atoms with Crippen molar-refractivity contribution in [1.82, 2.24) is 19.4 Å². The second-order valence-electron chi connectivity index (χ2n) is 8.30. The van der Waals surface area contributed by atoms with Gasteiger partial charge in [-0.3, -0.25) is 14.4 Å². The lowest BCUT2D eigenvalue weighted by molar-refractivity contribution is -0.121. The van der Waals surface area contributed by atoms with Crippen molar-refractivity contribution >= 4 is 35.4 Å². The summed E-state index contributed by atoms with van der Waals surface area (Å²) in [5.74, 6) is -0.970. The number of aromatic nitrogens is 3. The van der Waals surface area contributed by atoms with Crippen LogP contribution in [0, 0.1) is 5.82 Å². The van der Waals surface area contributed by atoms with E-state index in [9.17, 15) is 18.8 Å². The van der Waals surface area contributed by atoms with E-state index in [1.54, 1.807) is 51.2 Å². The van der Waals surface area contributed by atoms with Crippen LogP contribution in [0.4, 0.5) is 16.0 Å². The van der Waals surface area contributed by atoms with Crippen LogP contribution in [0.5, 0.6) is 5.75 Å². The third-order valence-electron chi connectivity index (χ3n) is 5.09. The van der Waals surface area contributed by atoms with Gasteiger partial charge in [-0.25, -0.2) is 18.5 Å². The predicted molar refractivity (Wildman–Crippen MR) is 141 cm³/mol. The number of benzene rings is 2. The van der Waals surface area contributed by atoms with E-state index in [2.05, 4.69) is 20.6 Å². The van der Waals surface area contributed by atoms with Gasteiger partial charge in [0.05, 0.1) is 19.2 Å². The van der Waals surface area contributed by atoms with Crippen LogP contribution in [0.15, 0.2) is 57.0 Å². The molecular formula is C25H28ClFN6O4. The van der Waals surface area contributed by atoms with Crippen LogP contribution in [0.25, 0.3) is 0 Å². The molecule has 0 spiro atoms. The molecule has 0 saturated heterocycles. The molecule has 0 fully saturated rings. The van der Waals surface area contributed by atoms with Crippen molar-refractivity contribution in [1.29, 1.82) is 0 Å². The first-order valence-corrected chi connectivity index (χ1v) is 11.9. The second kappa shape index (κ2) is 12.8. The minimum absolute atomic E-state index is 0.0435. The Morgan fingerprint density at radius 1 is 1.19 bits per heavy atom. The number of amides is 1. The average molecular weight is 531 g/mol. The Morgan fingerprint density at radius 3 is 2.57 bits per heavy atom. The Kier molecular flexibility index (Phi) is 9.56. The molecular weight excluding hydrogens is 503 g/mol. The lowest BCUT2D eigenvalue weighted by Gasteiger charge is -2.16. The Labute approximate surface area is 217 Å². The Bertz CT molecular complexity index is 1390. The van der Waals surface area contributed by atoms with Crippen molar-refractivity contribution in [2.75, 3.05) is 18.9 Å². The molecule has 1 amide bonds. The quantitative estimate of drug-likeness (QED) is 0.368. The summed E-state index contributed by atoms with van der Waals surface area (Å²) in [7, 11) is 1.58. The molecule has 0 aliphatic rings. The van der Waals surface area contributed by atoms with Gasteiger partial charge in [-0.05, 0) is 43.7 Å². The van der Waals surface area contributed by atoms with E-state index in [0.717, 1.165) is 4.57 Å². The van der Waals surface area contributed by atoms with Gasteiger partial charge in [0.15, 0.2) is 11.6 Å². The molecule has 37 heavy (non-hydrogen) atoms. The standard InChI is InChI=1S/C25H28ClFN6O4/c1-16(2)37-21-9-8-19(14-20(21)27)30-23-31-24(35)32(13-10-22(34)29-12-11-28-3)25(36)33(23)15-17-4-6-18(26)7-5-17/h4-9,11,14,16H,10,12-13,15H2,1-3H3,(H,29,34)(H,30,31,35). The summed E-state index contributed by atoms with van der Waals surface area (Å²) in [4.78, 5) is 46.0. The molecule has 3 aromatic rings. The molecule has 0 aliphatic heterocycles. The van der Waals surface area contributed by atoms with Crippen molar-refractivity contribution in [2.45, 2.75) is 39.5 Å². The van der Waals surface area contributed by atoms with Crippen LogP contribution < -0.4 is 26.7 Å². The number of carbonyl (C=O) groups is 1. The number of hydrogen-bond acceptors (Lipinski definition) is 7. The summed E-state index contributed by atoms with van der Waals surface area (Å²) in [6.45, 7) is 3.67. The van der Waals surface area contributed by atoms with Crippen LogP contribution in [-0.2, 0) is 17.9 Å². The van der Waals surface area contributed by atoms with Gasteiger partial charge in [-0.1, -0.05) is 23.7 Å². The Balaban J connectivity index is 1.95. The third-order valence-corrected chi connectivity index (χ3v) is 5.34. The van der Waals surface area contributed by atoms with Crippen molar-refractivity contribution in [3.8, 4) is 5.75 Å². The van der Waals surface area contributed by atoms with Gasteiger partial charge in [0.25, 0.3) is 0 Å². The molecule has 0 bridgehead atoms. The first kappa shape index (κ1) is 27.6. The fraction of sp³-hybridized carbons (Fsp3) is 0.320. The molecule has 196 valence electrons. The number of nitrogens with one attached hydrogen (secondary N) is 2. The predicted octanol–water partition coefficient (Wildman–Crippen LogP) is 2.98. The zero-order valence-electron chi connectivity index (χ0n) is 20.7. The molecule has 1 heterocycles. The fourth-order valence-corrected chi connectivity index (χ4v) is 3.47. The molecule has 0 saturated carbocycles. The molecule has 0 radical (unpaired) electrons. The van der Waals surface area contributed by atoms with Gasteiger partial charge in [0.1, 0.15) is 0 Å². The molecule has 1 aromatic heterocycles. The van der Waals surface area contributed by atoms with E-state index in [4.69, 9.17) is 16.3 Å². The molecule has 10 nitrogen and oxygen atoms in total. The van der Waals surface area contributed by atoms with Crippen molar-refractivity contribution in [3.63, 3.8) is 0 Å². The van der Waals surface area contributed by atoms with Gasteiger partial charge >= 0.3 is 11.4 Å². The highest BCUT2D eigenvalue weighted by molar-refractivity contribution is 6.30. The molecule has 0 atom stereocenters. The minimum atomic E-state index is -0.844. The molecule has 0 aliphatic carbocycles. The number of anilines is 2. The van der Waals surface area contributed by atoms with Crippen molar-refractivity contribution in [3.05, 3.63) is 79.8 Å². The van der Waals surface area contributed by atoms with Crippen molar-refractivity contribution in [2.24, 2.45) is 4.99 Å². The van der Waals surface area contributed by atoms with Gasteiger partial charge in [0.2, 0.25) is 11.9 Å². The number of ether oxygens (including phenoxy) is 1. The van der Waals surface area contributed by atoms with Gasteiger partial charge in [-0.2, -0.15) is 4.98 Å². The average Bonchev–Trinajstić information content (AvgIpc) is 2.84. The largest absolute Gasteiger partial charge is 0.488 e. The first-order valence-electron chi connectivity index (χ1n) is 11.5. The highest BCUT2D eigenvalue weighted by Crippen LogP contribution is 2.24. The SMILES string of the molecule is CN=CCNC(=O)CCn1c(=O)nc(Nc2ccc(OC(C)C)c(F)c2)n(Cc2ccc(Cl)cc2)c1=O. The monoisotopic (exact) mass is 530 g/mol. The van der Waals surface area contributed by atoms with Crippen LogP contribution >= 0.6 is 11.6 Å². The first-order chi connectivity index (χ1) is 17.7. The Morgan fingerprint density at radius 2 is 1.92 bits per heavy atom. The van der Waals surface area contributed by atoms with Gasteiger partial charge in [0, 0.05) is 43.0 Å². The lowest BCUT2D eigenvalue weighted by Crippen LogP contribution is -2.43. The highest BCUT2D eigenvalue weighted by atomic mass is 35.5. The van der Waals surface area contributed by atoms with Crippen LogP contribution in [-0.4, -0.2) is 45.9 Å². The second-order valence-corrected chi connectivity index (χ2v) is 8.73.